The number of hydrogen-bond donors (Lipinski definition) is 4. The Bertz CT molecular complexity index is 3110. The minimum absolute atomic E-state index is 0.0389. The van der Waals surface area contributed by atoms with E-state index in [1.807, 2.05) is 16.8 Å². The number of nitrogens with zero attached hydrogens (tertiary/aromatic N) is 8. The number of amides is 7. The van der Waals surface area contributed by atoms with Crippen LogP contribution in [0.25, 0.3) is 28.2 Å². The molecule has 1 unspecified atom stereocenters. The number of nitrogen functional groups attached to an aromatic ring is 1. The van der Waals surface area contributed by atoms with Crippen LogP contribution in [-0.4, -0.2) is 134 Å². The highest BCUT2D eigenvalue weighted by atomic mass is 19.4. The summed E-state index contributed by atoms with van der Waals surface area (Å²) in [5.74, 6) is -3.09. The molecule has 1 saturated carbocycles. The molecule has 3 fully saturated rings. The maximum Gasteiger partial charge on any atom is 0.416 e. The fourth-order valence-corrected chi connectivity index (χ4v) is 10.6. The maximum absolute atomic E-state index is 14.0. The van der Waals surface area contributed by atoms with E-state index >= 15 is 0 Å². The second-order valence-corrected chi connectivity index (χ2v) is 19.2. The molecule has 22 heteroatoms. The summed E-state index contributed by atoms with van der Waals surface area (Å²) in [7, 11) is 0. The minimum atomic E-state index is -4.60. The molecule has 3 aromatic heterocycles. The second-order valence-electron chi connectivity index (χ2n) is 19.2. The average molecular weight is 1020 g/mol. The molecule has 0 radical (unpaired) electrons. The first-order chi connectivity index (χ1) is 35.6. The number of anilines is 3. The Hall–Kier alpha value is -8.01. The molecule has 7 heterocycles. The van der Waals surface area contributed by atoms with Crippen molar-refractivity contribution < 1.29 is 46.7 Å². The first-order valence-corrected chi connectivity index (χ1v) is 24.8. The van der Waals surface area contributed by atoms with Crippen LogP contribution in [0.5, 0.6) is 0 Å². The fourth-order valence-electron chi connectivity index (χ4n) is 10.6. The van der Waals surface area contributed by atoms with Crippen LogP contribution < -0.4 is 26.6 Å². The Morgan fingerprint density at radius 1 is 0.838 bits per heavy atom. The standard InChI is InChI=1S/C52H53F3N12O7/c53-52(54,55)33-15-18-57-40(26-33)60-48(71)31-9-7-30(8-10-31)45-44-46-32(29-58-47(44)56)4-1-2-19-65(21-16-42(69)59-34-5-3-6-36(27-34)67(46)62-45)43(70)17-20-63-22-24-64(25-23-63)35-11-12-37-38(28-35)51(74)66(50(37)73)39-13-14-41(68)61-49(39)72/h1,4,7-12,15,18,26,28-29,34,36,39H,2-3,5-6,13-14,16-17,19-25,27H2,(H2,56,58)(H,59,69)(H,57,60,71)(H,61,68,72)/b4-1+/t34-,36-,39?/m1/s1. The van der Waals surface area contributed by atoms with Gasteiger partial charge in [0.25, 0.3) is 17.7 Å². The van der Waals surface area contributed by atoms with Crippen LogP contribution in [0.4, 0.5) is 30.5 Å². The summed E-state index contributed by atoms with van der Waals surface area (Å²) in [5.41, 5.74) is 9.72. The van der Waals surface area contributed by atoms with E-state index in [-0.39, 0.29) is 84.5 Å². The van der Waals surface area contributed by atoms with Crippen LogP contribution in [-0.2, 0) is 25.4 Å². The van der Waals surface area contributed by atoms with Gasteiger partial charge < -0.3 is 26.2 Å². The van der Waals surface area contributed by atoms with Gasteiger partial charge in [-0.05, 0) is 81.0 Å². The molecule has 0 spiro atoms. The number of rotatable bonds is 8. The third-order valence-electron chi connectivity index (χ3n) is 14.5. The molecule has 2 aromatic carbocycles. The van der Waals surface area contributed by atoms with Crippen molar-refractivity contribution in [1.82, 2.24) is 45.1 Å². The molecule has 4 aliphatic heterocycles. The number of imide groups is 2. The van der Waals surface area contributed by atoms with Crippen molar-refractivity contribution in [1.29, 1.82) is 0 Å². The van der Waals surface area contributed by atoms with Crippen molar-refractivity contribution in [2.45, 2.75) is 82.1 Å². The Morgan fingerprint density at radius 2 is 1.62 bits per heavy atom. The molecule has 74 heavy (non-hydrogen) atoms. The molecule has 5 N–H and O–H groups in total. The van der Waals surface area contributed by atoms with E-state index in [2.05, 4.69) is 35.7 Å². The lowest BCUT2D eigenvalue weighted by molar-refractivity contribution is -0.138. The normalized spacial score (nSPS) is 21.4. The van der Waals surface area contributed by atoms with Crippen molar-refractivity contribution in [3.8, 4) is 11.3 Å². The van der Waals surface area contributed by atoms with Crippen molar-refractivity contribution in [2.24, 2.45) is 0 Å². The number of piperidine rings is 1. The lowest BCUT2D eigenvalue weighted by atomic mass is 9.90. The zero-order chi connectivity index (χ0) is 51.8. The minimum Gasteiger partial charge on any atom is -0.383 e. The third kappa shape index (κ3) is 10.2. The predicted molar refractivity (Wildman–Crippen MR) is 265 cm³/mol. The average Bonchev–Trinajstić information content (AvgIpc) is 3.92. The van der Waals surface area contributed by atoms with E-state index < -0.39 is 47.3 Å². The number of halogens is 3. The molecule has 10 rings (SSSR count). The molecule has 2 bridgehead atoms. The number of aromatic nitrogens is 4. The van der Waals surface area contributed by atoms with Gasteiger partial charge in [0.15, 0.2) is 0 Å². The number of hydrogen-bond acceptors (Lipinski definition) is 13. The lowest BCUT2D eigenvalue weighted by Gasteiger charge is -2.36. The zero-order valence-electron chi connectivity index (χ0n) is 40.2. The summed E-state index contributed by atoms with van der Waals surface area (Å²) in [5, 5.41) is 13.6. The van der Waals surface area contributed by atoms with Crippen molar-refractivity contribution in [3.05, 3.63) is 101 Å². The SMILES string of the molecule is Nc1ncc2c3c1c(-c1ccc(C(=O)Nc4cc(C(F)(F)F)ccn4)cc1)nn3[C@@H]1CCC[C@H](C1)NC(=O)CCN(C(=O)CCN1CCN(c3ccc4c(c3)C(=O)N(C3CCC(=O)NC3=O)C4=O)CC1)CC/C=C/2. The van der Waals surface area contributed by atoms with E-state index in [0.717, 1.165) is 59.3 Å². The van der Waals surface area contributed by atoms with Gasteiger partial charge in [-0.1, -0.05) is 24.3 Å². The van der Waals surface area contributed by atoms with E-state index in [1.165, 1.54) is 0 Å². The number of nitrogens with two attached hydrogens (primary N) is 1. The number of pyridine rings is 2. The van der Waals surface area contributed by atoms with Crippen LogP contribution in [0.15, 0.2) is 73.1 Å². The Morgan fingerprint density at radius 3 is 2.39 bits per heavy atom. The number of carbonyl (C=O) groups is 7. The second kappa shape index (κ2) is 20.5. The fraction of sp³-hybridized carbons (Fsp3) is 0.385. The van der Waals surface area contributed by atoms with Gasteiger partial charge in [-0.25, -0.2) is 9.97 Å². The Kier molecular flexibility index (Phi) is 13.7. The number of nitrogens with one attached hydrogen (secondary N) is 3. The molecule has 1 aliphatic carbocycles. The topological polar surface area (TPSA) is 238 Å². The van der Waals surface area contributed by atoms with Crippen LogP contribution in [0.2, 0.25) is 0 Å². The number of carbonyl (C=O) groups excluding carboxylic acids is 7. The van der Waals surface area contributed by atoms with Gasteiger partial charge in [0.1, 0.15) is 23.4 Å². The molecule has 384 valence electrons. The number of piperazine rings is 1. The van der Waals surface area contributed by atoms with Crippen LogP contribution in [0.3, 0.4) is 0 Å². The summed E-state index contributed by atoms with van der Waals surface area (Å²) < 4.78 is 41.9. The van der Waals surface area contributed by atoms with Gasteiger partial charge in [0.05, 0.1) is 33.6 Å². The summed E-state index contributed by atoms with van der Waals surface area (Å²) in [6.45, 7) is 3.61. The van der Waals surface area contributed by atoms with Crippen LogP contribution in [0.1, 0.15) is 106 Å². The number of benzene rings is 2. The molecule has 19 nitrogen and oxygen atoms in total. The third-order valence-corrected chi connectivity index (χ3v) is 14.5. The summed E-state index contributed by atoms with van der Waals surface area (Å²) >= 11 is 0. The highest BCUT2D eigenvalue weighted by molar-refractivity contribution is 6.23. The van der Waals surface area contributed by atoms with Gasteiger partial charge in [-0.3, -0.25) is 53.4 Å². The van der Waals surface area contributed by atoms with Gasteiger partial charge in [-0.15, -0.1) is 0 Å². The maximum atomic E-state index is 14.0. The molecule has 7 amide bonds. The van der Waals surface area contributed by atoms with Crippen LogP contribution in [0, 0.1) is 0 Å². The van der Waals surface area contributed by atoms with Gasteiger partial charge in [-0.2, -0.15) is 18.3 Å². The largest absolute Gasteiger partial charge is 0.416 e. The Labute approximate surface area is 422 Å². The van der Waals surface area contributed by atoms with Crippen molar-refractivity contribution in [3.63, 3.8) is 0 Å². The summed E-state index contributed by atoms with van der Waals surface area (Å²) in [6.07, 6.45) is 5.93. The predicted octanol–water partition coefficient (Wildman–Crippen LogP) is 5.20. The number of alkyl halides is 3. The molecular weight excluding hydrogens is 962 g/mol. The van der Waals surface area contributed by atoms with Gasteiger partial charge in [0.2, 0.25) is 23.6 Å². The molecule has 3 atom stereocenters. The summed E-state index contributed by atoms with van der Waals surface area (Å²) in [6, 6.07) is 11.8. The highest BCUT2D eigenvalue weighted by Crippen LogP contribution is 2.39. The molecule has 5 aliphatic rings. The van der Waals surface area contributed by atoms with Crippen molar-refractivity contribution >= 4 is 75.7 Å². The van der Waals surface area contributed by atoms with Crippen LogP contribution >= 0.6 is 0 Å². The Balaban J connectivity index is 0.803. The molecule has 2 saturated heterocycles. The molecule has 5 aromatic rings. The quantitative estimate of drug-likeness (QED) is 0.147. The smallest absolute Gasteiger partial charge is 0.383 e. The lowest BCUT2D eigenvalue weighted by Crippen LogP contribution is -2.54. The zero-order valence-corrected chi connectivity index (χ0v) is 40.2. The highest BCUT2D eigenvalue weighted by Gasteiger charge is 2.45. The first kappa shape index (κ1) is 49.6. The van der Waals surface area contributed by atoms with E-state index in [9.17, 15) is 46.7 Å². The monoisotopic (exact) mass is 1010 g/mol. The van der Waals surface area contributed by atoms with Gasteiger partial charge >= 0.3 is 6.18 Å². The van der Waals surface area contributed by atoms with E-state index in [1.54, 1.807) is 53.6 Å². The van der Waals surface area contributed by atoms with Crippen molar-refractivity contribution in [2.75, 3.05) is 61.8 Å². The van der Waals surface area contributed by atoms with E-state index in [4.69, 9.17) is 10.8 Å². The molecular formula is C52H53F3N12O7. The van der Waals surface area contributed by atoms with Gasteiger partial charge in [0, 0.05) is 106 Å². The van der Waals surface area contributed by atoms with E-state index in [0.29, 0.717) is 68.8 Å². The number of fused-ring (bicyclic) bond motifs is 4. The summed E-state index contributed by atoms with van der Waals surface area (Å²) in [4.78, 5) is 107. The first-order valence-electron chi connectivity index (χ1n) is 24.8.